The quantitative estimate of drug-likeness (QED) is 0.828. The first kappa shape index (κ1) is 18.7. The normalized spacial score (nSPS) is 16.7. The van der Waals surface area contributed by atoms with E-state index in [1.165, 1.54) is 6.92 Å². The Kier molecular flexibility index (Phi) is 5.06. The summed E-state index contributed by atoms with van der Waals surface area (Å²) >= 11 is 0. The molecule has 0 fully saturated rings. The van der Waals surface area contributed by atoms with Crippen molar-refractivity contribution in [2.24, 2.45) is 10.7 Å². The van der Waals surface area contributed by atoms with Crippen LogP contribution in [0.5, 0.6) is 0 Å². The van der Waals surface area contributed by atoms with Gasteiger partial charge >= 0.3 is 6.18 Å². The number of aromatic nitrogens is 1. The zero-order valence-corrected chi connectivity index (χ0v) is 14.3. The molecule has 3 rings (SSSR count). The molecule has 1 atom stereocenters. The molecule has 1 aromatic heterocycles. The van der Waals surface area contributed by atoms with Crippen LogP contribution in [0.25, 0.3) is 0 Å². The molecule has 7 nitrogen and oxygen atoms in total. The van der Waals surface area contributed by atoms with Crippen molar-refractivity contribution in [3.8, 4) is 0 Å². The lowest BCUT2D eigenvalue weighted by Crippen LogP contribution is -2.18. The number of hydrogen-bond donors (Lipinski definition) is 2. The van der Waals surface area contributed by atoms with E-state index in [2.05, 4.69) is 19.7 Å². The highest BCUT2D eigenvalue weighted by Crippen LogP contribution is 2.33. The van der Waals surface area contributed by atoms with Gasteiger partial charge in [0.05, 0.1) is 6.04 Å². The Balaban J connectivity index is 1.62. The first-order valence-electron chi connectivity index (χ1n) is 8.13. The third-order valence-corrected chi connectivity index (χ3v) is 3.92. The largest absolute Gasteiger partial charge is 0.463 e. The highest BCUT2D eigenvalue weighted by molar-refractivity contribution is 6.03. The van der Waals surface area contributed by atoms with Gasteiger partial charge in [-0.1, -0.05) is 12.1 Å². The second-order valence-corrected chi connectivity index (χ2v) is 6.03. The average molecular weight is 382 g/mol. The lowest BCUT2D eigenvalue weighted by atomic mass is 10.1. The fraction of sp³-hybridized carbons (Fsp3) is 0.353. The molecule has 0 saturated heterocycles. The fourth-order valence-electron chi connectivity index (χ4n) is 2.64. The lowest BCUT2D eigenvalue weighted by molar-refractivity contribution is -0.153. The highest BCUT2D eigenvalue weighted by atomic mass is 19.4. The van der Waals surface area contributed by atoms with E-state index >= 15 is 0 Å². The summed E-state index contributed by atoms with van der Waals surface area (Å²) in [5.74, 6) is -2.63. The number of aryl methyl sites for hydroxylation is 2. The topological polar surface area (TPSA) is 103 Å². The number of carbonyl (C=O) groups excluding carboxylic acids is 1. The molecule has 1 amide bonds. The van der Waals surface area contributed by atoms with Crippen LogP contribution in [0.15, 0.2) is 33.7 Å². The van der Waals surface area contributed by atoms with E-state index in [0.29, 0.717) is 12.3 Å². The number of benzene rings is 1. The first-order valence-corrected chi connectivity index (χ1v) is 8.13. The lowest BCUT2D eigenvalue weighted by Gasteiger charge is -2.08. The Morgan fingerprint density at radius 3 is 2.63 bits per heavy atom. The van der Waals surface area contributed by atoms with E-state index in [9.17, 15) is 18.0 Å². The second-order valence-electron chi connectivity index (χ2n) is 6.03. The molecule has 1 aromatic carbocycles. The summed E-state index contributed by atoms with van der Waals surface area (Å²) in [6.45, 7) is 1.70. The van der Waals surface area contributed by atoms with Crippen LogP contribution in [0.3, 0.4) is 0 Å². The van der Waals surface area contributed by atoms with Gasteiger partial charge in [0.2, 0.25) is 5.76 Å². The maximum atomic E-state index is 12.9. The van der Waals surface area contributed by atoms with Gasteiger partial charge in [-0.2, -0.15) is 13.2 Å². The molecule has 1 aliphatic heterocycles. The maximum absolute atomic E-state index is 12.9. The summed E-state index contributed by atoms with van der Waals surface area (Å²) in [7, 11) is 0. The van der Waals surface area contributed by atoms with Crippen molar-refractivity contribution in [1.82, 2.24) is 4.98 Å². The summed E-state index contributed by atoms with van der Waals surface area (Å²) in [6.07, 6.45) is -3.33. The minimum Gasteiger partial charge on any atom is -0.463 e. The van der Waals surface area contributed by atoms with Crippen LogP contribution in [-0.2, 0) is 17.3 Å². The first-order chi connectivity index (χ1) is 12.7. The molecule has 3 N–H and O–H groups in total. The van der Waals surface area contributed by atoms with Gasteiger partial charge in [0.15, 0.2) is 11.6 Å². The van der Waals surface area contributed by atoms with Gasteiger partial charge in [-0.05, 0) is 30.5 Å². The van der Waals surface area contributed by atoms with Gasteiger partial charge < -0.3 is 20.2 Å². The molecule has 27 heavy (non-hydrogen) atoms. The Labute approximate surface area is 152 Å². The van der Waals surface area contributed by atoms with Crippen molar-refractivity contribution in [3.05, 3.63) is 47.2 Å². The smallest absolute Gasteiger partial charge is 0.452 e. The Bertz CT molecular complexity index is 859. The van der Waals surface area contributed by atoms with Crippen molar-refractivity contribution < 1.29 is 27.1 Å². The number of oxazole rings is 1. The maximum Gasteiger partial charge on any atom is 0.452 e. The third-order valence-electron chi connectivity index (χ3n) is 3.92. The monoisotopic (exact) mass is 382 g/mol. The number of anilines is 1. The number of nitrogens with zero attached hydrogens (tertiary/aromatic N) is 2. The Morgan fingerprint density at radius 1 is 1.33 bits per heavy atom. The van der Waals surface area contributed by atoms with Crippen LogP contribution in [0.2, 0.25) is 0 Å². The van der Waals surface area contributed by atoms with Crippen molar-refractivity contribution in [1.29, 1.82) is 0 Å². The van der Waals surface area contributed by atoms with E-state index in [4.69, 9.17) is 10.5 Å². The summed E-state index contributed by atoms with van der Waals surface area (Å²) in [5.41, 5.74) is 6.00. The van der Waals surface area contributed by atoms with Gasteiger partial charge in [0.25, 0.3) is 11.9 Å². The van der Waals surface area contributed by atoms with Crippen LogP contribution in [0, 0.1) is 6.92 Å². The molecule has 0 spiro atoms. The summed E-state index contributed by atoms with van der Waals surface area (Å²) < 4.78 is 48.3. The van der Waals surface area contributed by atoms with Gasteiger partial charge in [0, 0.05) is 12.6 Å². The van der Waals surface area contributed by atoms with E-state index in [1.54, 1.807) is 24.3 Å². The number of halogens is 3. The zero-order valence-electron chi connectivity index (χ0n) is 14.3. The number of aliphatic imine (C=N–C) groups is 1. The van der Waals surface area contributed by atoms with Gasteiger partial charge in [-0.3, -0.25) is 4.79 Å². The summed E-state index contributed by atoms with van der Waals surface area (Å²) in [5, 5.41) is 2.39. The molecule has 0 saturated carbocycles. The van der Waals surface area contributed by atoms with E-state index in [1.807, 2.05) is 0 Å². The number of rotatable bonds is 5. The summed E-state index contributed by atoms with van der Waals surface area (Å²) in [4.78, 5) is 19.8. The number of nitrogens with one attached hydrogen (secondary N) is 1. The zero-order chi connectivity index (χ0) is 19.6. The third kappa shape index (κ3) is 4.57. The Hall–Kier alpha value is -3.04. The van der Waals surface area contributed by atoms with Crippen LogP contribution >= 0.6 is 0 Å². The number of alkyl halides is 3. The van der Waals surface area contributed by atoms with E-state index in [0.717, 1.165) is 18.4 Å². The molecular formula is C17H17F3N4O3. The van der Waals surface area contributed by atoms with Crippen LogP contribution in [0.1, 0.15) is 34.1 Å². The Morgan fingerprint density at radius 2 is 2.04 bits per heavy atom. The van der Waals surface area contributed by atoms with E-state index < -0.39 is 23.5 Å². The molecule has 2 aromatic rings. The van der Waals surface area contributed by atoms with Crippen LogP contribution < -0.4 is 11.1 Å². The van der Waals surface area contributed by atoms with E-state index in [-0.39, 0.29) is 18.0 Å². The fourth-order valence-corrected chi connectivity index (χ4v) is 2.64. The molecule has 2 heterocycles. The SMILES string of the molecule is Cc1nc(C(=O)Nc2ccc(CC[C@H]3COC(N)=N3)cc2)c(C(F)(F)F)o1. The molecule has 0 aliphatic carbocycles. The minimum atomic E-state index is -4.80. The van der Waals surface area contributed by atoms with Gasteiger partial charge in [0.1, 0.15) is 6.61 Å². The predicted molar refractivity (Wildman–Crippen MR) is 90.3 cm³/mol. The molecule has 1 aliphatic rings. The van der Waals surface area contributed by atoms with Crippen molar-refractivity contribution >= 4 is 17.6 Å². The molecule has 0 bridgehead atoms. The molecular weight excluding hydrogens is 365 g/mol. The van der Waals surface area contributed by atoms with Gasteiger partial charge in [-0.15, -0.1) is 0 Å². The predicted octanol–water partition coefficient (Wildman–Crippen LogP) is 2.90. The minimum absolute atomic E-state index is 0.0144. The van der Waals surface area contributed by atoms with Crippen LogP contribution in [0.4, 0.5) is 18.9 Å². The van der Waals surface area contributed by atoms with Crippen molar-refractivity contribution in [3.63, 3.8) is 0 Å². The number of ether oxygens (including phenoxy) is 1. The van der Waals surface area contributed by atoms with Crippen molar-refractivity contribution in [2.75, 3.05) is 11.9 Å². The second kappa shape index (κ2) is 7.29. The van der Waals surface area contributed by atoms with Crippen LogP contribution in [-0.4, -0.2) is 29.6 Å². The number of nitrogens with two attached hydrogens (primary N) is 1. The van der Waals surface area contributed by atoms with Gasteiger partial charge in [-0.25, -0.2) is 9.98 Å². The number of carbonyl (C=O) groups is 1. The standard InChI is InChI=1S/C17H17F3N4O3/c1-9-22-13(14(27-9)17(18,19)20)15(25)23-11-5-2-10(3-6-11)4-7-12-8-26-16(21)24-12/h2-3,5-6,12H,4,7-8H2,1H3,(H2,21,24)(H,23,25)/t12-/m0/s1. The number of hydrogen-bond acceptors (Lipinski definition) is 6. The van der Waals surface area contributed by atoms with Crippen molar-refractivity contribution in [2.45, 2.75) is 32.0 Å². The number of amidine groups is 1. The molecule has 10 heteroatoms. The highest BCUT2D eigenvalue weighted by Gasteiger charge is 2.41. The average Bonchev–Trinajstić information content (AvgIpc) is 3.19. The molecule has 0 unspecified atom stereocenters. The molecule has 144 valence electrons. The molecule has 0 radical (unpaired) electrons. The number of amides is 1. The summed E-state index contributed by atoms with van der Waals surface area (Å²) in [6, 6.07) is 6.97.